The molecular formula is C11H20N2OS. The van der Waals surface area contributed by atoms with Crippen LogP contribution in [-0.4, -0.2) is 14.7 Å². The average Bonchev–Trinajstić information content (AvgIpc) is 2.65. The van der Waals surface area contributed by atoms with Crippen molar-refractivity contribution in [2.45, 2.75) is 52.6 Å². The van der Waals surface area contributed by atoms with E-state index in [1.807, 2.05) is 0 Å². The van der Waals surface area contributed by atoms with E-state index in [2.05, 4.69) is 37.3 Å². The minimum atomic E-state index is -0.401. The molecule has 2 atom stereocenters. The van der Waals surface area contributed by atoms with E-state index in [1.165, 1.54) is 11.5 Å². The smallest absolute Gasteiger partial charge is 0.0942 e. The molecule has 0 aliphatic rings. The fourth-order valence-corrected chi connectivity index (χ4v) is 2.61. The lowest BCUT2D eigenvalue weighted by atomic mass is 9.95. The largest absolute Gasteiger partial charge is 0.387 e. The van der Waals surface area contributed by atoms with Crippen LogP contribution in [0.1, 0.15) is 63.1 Å². The monoisotopic (exact) mass is 228 g/mol. The Labute approximate surface area is 95.7 Å². The van der Waals surface area contributed by atoms with Crippen molar-refractivity contribution in [1.29, 1.82) is 0 Å². The van der Waals surface area contributed by atoms with Gasteiger partial charge >= 0.3 is 0 Å². The average molecular weight is 228 g/mol. The van der Waals surface area contributed by atoms with E-state index in [-0.39, 0.29) is 5.92 Å². The molecule has 86 valence electrons. The molecule has 0 spiro atoms. The maximum atomic E-state index is 10.2. The Morgan fingerprint density at radius 2 is 2.00 bits per heavy atom. The normalized spacial score (nSPS) is 15.6. The van der Waals surface area contributed by atoms with Crippen molar-refractivity contribution < 1.29 is 5.11 Å². The third-order valence-corrected chi connectivity index (χ3v) is 3.45. The summed E-state index contributed by atoms with van der Waals surface area (Å²) >= 11 is 1.33. The van der Waals surface area contributed by atoms with Crippen molar-refractivity contribution in [3.8, 4) is 0 Å². The zero-order valence-corrected chi connectivity index (χ0v) is 10.7. The highest BCUT2D eigenvalue weighted by atomic mass is 32.1. The molecule has 0 aliphatic heterocycles. The number of nitrogens with zero attached hydrogens (tertiary/aromatic N) is 2. The zero-order valence-electron chi connectivity index (χ0n) is 9.90. The zero-order chi connectivity index (χ0) is 11.4. The molecule has 0 aromatic carbocycles. The van der Waals surface area contributed by atoms with Gasteiger partial charge in [-0.3, -0.25) is 0 Å². The molecule has 2 unspecified atom stereocenters. The molecule has 0 aliphatic carbocycles. The third kappa shape index (κ3) is 2.98. The van der Waals surface area contributed by atoms with E-state index in [4.69, 9.17) is 0 Å². The summed E-state index contributed by atoms with van der Waals surface area (Å²) < 4.78 is 3.94. The molecule has 0 saturated carbocycles. The molecule has 0 fully saturated rings. The first-order valence-electron chi connectivity index (χ1n) is 5.58. The van der Waals surface area contributed by atoms with Gasteiger partial charge < -0.3 is 5.11 Å². The predicted octanol–water partition coefficient (Wildman–Crippen LogP) is 3.13. The maximum Gasteiger partial charge on any atom is 0.0942 e. The third-order valence-electron chi connectivity index (χ3n) is 2.64. The molecule has 1 heterocycles. The molecule has 0 amide bonds. The van der Waals surface area contributed by atoms with Crippen LogP contribution >= 0.6 is 11.5 Å². The van der Waals surface area contributed by atoms with E-state index in [9.17, 15) is 5.11 Å². The molecular weight excluding hydrogens is 208 g/mol. The molecule has 15 heavy (non-hydrogen) atoms. The lowest BCUT2D eigenvalue weighted by Gasteiger charge is -2.17. The molecule has 1 aromatic rings. The molecule has 1 N–H and O–H groups in total. The quantitative estimate of drug-likeness (QED) is 0.842. The SMILES string of the molecule is CCCC(C)C(O)c1snnc1C(C)C. The fourth-order valence-electron chi connectivity index (χ4n) is 1.68. The van der Waals surface area contributed by atoms with Crippen LogP contribution in [0.2, 0.25) is 0 Å². The summed E-state index contributed by atoms with van der Waals surface area (Å²) in [5.41, 5.74) is 0.954. The summed E-state index contributed by atoms with van der Waals surface area (Å²) in [5.74, 6) is 0.622. The van der Waals surface area contributed by atoms with E-state index in [1.54, 1.807) is 0 Å². The highest BCUT2D eigenvalue weighted by molar-refractivity contribution is 7.05. The van der Waals surface area contributed by atoms with Crippen molar-refractivity contribution in [2.24, 2.45) is 5.92 Å². The Morgan fingerprint density at radius 1 is 1.33 bits per heavy atom. The van der Waals surface area contributed by atoms with Crippen LogP contribution in [0.5, 0.6) is 0 Å². The first-order chi connectivity index (χ1) is 7.07. The van der Waals surface area contributed by atoms with E-state index in [0.29, 0.717) is 5.92 Å². The van der Waals surface area contributed by atoms with Crippen LogP contribution in [0.3, 0.4) is 0 Å². The lowest BCUT2D eigenvalue weighted by Crippen LogP contribution is -2.10. The number of aliphatic hydroxyl groups is 1. The highest BCUT2D eigenvalue weighted by Crippen LogP contribution is 2.32. The van der Waals surface area contributed by atoms with Gasteiger partial charge in [0.2, 0.25) is 0 Å². The van der Waals surface area contributed by atoms with Gasteiger partial charge in [0, 0.05) is 0 Å². The molecule has 0 radical (unpaired) electrons. The summed E-state index contributed by atoms with van der Waals surface area (Å²) in [6.07, 6.45) is 1.74. The number of rotatable bonds is 5. The van der Waals surface area contributed by atoms with Gasteiger partial charge in [-0.05, 0) is 29.8 Å². The second-order valence-corrected chi connectivity index (χ2v) is 5.17. The molecule has 1 aromatic heterocycles. The summed E-state index contributed by atoms with van der Waals surface area (Å²) in [6, 6.07) is 0. The van der Waals surface area contributed by atoms with Crippen molar-refractivity contribution in [1.82, 2.24) is 9.59 Å². The Morgan fingerprint density at radius 3 is 2.53 bits per heavy atom. The van der Waals surface area contributed by atoms with Gasteiger partial charge in [-0.1, -0.05) is 38.6 Å². The van der Waals surface area contributed by atoms with Gasteiger partial charge in [-0.25, -0.2) is 0 Å². The molecule has 3 nitrogen and oxygen atoms in total. The summed E-state index contributed by atoms with van der Waals surface area (Å²) in [6.45, 7) is 8.38. The van der Waals surface area contributed by atoms with Crippen LogP contribution in [0, 0.1) is 5.92 Å². The maximum absolute atomic E-state index is 10.2. The van der Waals surface area contributed by atoms with Crippen LogP contribution < -0.4 is 0 Å². The first kappa shape index (κ1) is 12.6. The minimum Gasteiger partial charge on any atom is -0.387 e. The van der Waals surface area contributed by atoms with Crippen molar-refractivity contribution in [3.63, 3.8) is 0 Å². The summed E-state index contributed by atoms with van der Waals surface area (Å²) in [7, 11) is 0. The van der Waals surface area contributed by atoms with Gasteiger partial charge in [0.25, 0.3) is 0 Å². The van der Waals surface area contributed by atoms with E-state index >= 15 is 0 Å². The van der Waals surface area contributed by atoms with Crippen molar-refractivity contribution >= 4 is 11.5 Å². The van der Waals surface area contributed by atoms with Crippen LogP contribution in [0.4, 0.5) is 0 Å². The predicted molar refractivity (Wildman–Crippen MR) is 63.0 cm³/mol. The van der Waals surface area contributed by atoms with Gasteiger partial charge in [0.15, 0.2) is 0 Å². The topological polar surface area (TPSA) is 46.0 Å². The lowest BCUT2D eigenvalue weighted by molar-refractivity contribution is 0.114. The van der Waals surface area contributed by atoms with Gasteiger partial charge in [0.1, 0.15) is 0 Å². The van der Waals surface area contributed by atoms with Gasteiger partial charge in [-0.15, -0.1) is 5.10 Å². The van der Waals surface area contributed by atoms with Crippen LogP contribution in [-0.2, 0) is 0 Å². The Hall–Kier alpha value is -0.480. The molecule has 4 heteroatoms. The van der Waals surface area contributed by atoms with Crippen LogP contribution in [0.25, 0.3) is 0 Å². The standard InChI is InChI=1S/C11H20N2OS/c1-5-6-8(4)10(14)11-9(7(2)3)12-13-15-11/h7-8,10,14H,5-6H2,1-4H3. The second-order valence-electron chi connectivity index (χ2n) is 4.39. The number of aromatic nitrogens is 2. The number of hydrogen-bond donors (Lipinski definition) is 1. The van der Waals surface area contributed by atoms with Crippen molar-refractivity contribution in [2.75, 3.05) is 0 Å². The molecule has 1 rings (SSSR count). The number of aliphatic hydroxyl groups excluding tert-OH is 1. The Kier molecular flexibility index (Phi) is 4.67. The molecule has 0 bridgehead atoms. The van der Waals surface area contributed by atoms with E-state index < -0.39 is 6.10 Å². The van der Waals surface area contributed by atoms with Gasteiger partial charge in [-0.2, -0.15) is 0 Å². The Balaban J connectivity index is 2.81. The number of hydrogen-bond acceptors (Lipinski definition) is 4. The Bertz CT molecular complexity index is 299. The second kappa shape index (κ2) is 5.56. The summed E-state index contributed by atoms with van der Waals surface area (Å²) in [4.78, 5) is 0.950. The molecule has 0 saturated heterocycles. The van der Waals surface area contributed by atoms with Crippen LogP contribution in [0.15, 0.2) is 0 Å². The van der Waals surface area contributed by atoms with Crippen molar-refractivity contribution in [3.05, 3.63) is 10.6 Å². The first-order valence-corrected chi connectivity index (χ1v) is 6.35. The van der Waals surface area contributed by atoms with Gasteiger partial charge in [0.05, 0.1) is 16.7 Å². The van der Waals surface area contributed by atoms with E-state index in [0.717, 1.165) is 23.4 Å². The summed E-state index contributed by atoms with van der Waals surface area (Å²) in [5, 5.41) is 14.3. The minimum absolute atomic E-state index is 0.287. The highest BCUT2D eigenvalue weighted by Gasteiger charge is 2.23. The fraction of sp³-hybridized carbons (Fsp3) is 0.818.